The lowest BCUT2D eigenvalue weighted by atomic mass is 9.81. The minimum absolute atomic E-state index is 0.140. The van der Waals surface area contributed by atoms with Crippen molar-refractivity contribution in [2.75, 3.05) is 38.0 Å². The molecule has 1 aliphatic heterocycles. The van der Waals surface area contributed by atoms with Crippen molar-refractivity contribution >= 4 is 24.0 Å². The number of nitrogens with one attached hydrogen (secondary N) is 5. The maximum Gasteiger partial charge on any atom is 0.407 e. The lowest BCUT2D eigenvalue weighted by molar-refractivity contribution is -0.128. The van der Waals surface area contributed by atoms with Crippen LogP contribution in [0.4, 0.5) is 10.5 Å². The molecule has 0 radical (unpaired) electrons. The van der Waals surface area contributed by atoms with E-state index in [2.05, 4.69) is 83.2 Å². The van der Waals surface area contributed by atoms with Gasteiger partial charge in [0.05, 0.1) is 6.04 Å². The lowest BCUT2D eigenvalue weighted by Gasteiger charge is -2.31. The summed E-state index contributed by atoms with van der Waals surface area (Å²) in [4.78, 5) is 41.1. The van der Waals surface area contributed by atoms with E-state index in [1.165, 1.54) is 11.1 Å². The van der Waals surface area contributed by atoms with E-state index in [9.17, 15) is 14.4 Å². The number of amides is 2. The molecule has 13 heteroatoms. The van der Waals surface area contributed by atoms with Gasteiger partial charge in [-0.15, -0.1) is 10.2 Å². The van der Waals surface area contributed by atoms with Crippen LogP contribution in [0.25, 0.3) is 22.5 Å². The first-order valence-electron chi connectivity index (χ1n) is 18.6. The van der Waals surface area contributed by atoms with E-state index < -0.39 is 23.8 Å². The fraction of sp³-hybridized carbons (Fsp3) is 0.450. The molecule has 13 nitrogen and oxygen atoms in total. The number of aromatic amines is 1. The van der Waals surface area contributed by atoms with Gasteiger partial charge in [-0.05, 0) is 104 Å². The zero-order chi connectivity index (χ0) is 37.2. The number of carbonyl (C=O) groups is 3. The number of aldehydes is 1. The molecule has 2 amide bonds. The van der Waals surface area contributed by atoms with Gasteiger partial charge in [0.25, 0.3) is 0 Å². The highest BCUT2D eigenvalue weighted by Gasteiger charge is 2.31. The molecule has 2 fully saturated rings. The molecule has 53 heavy (non-hydrogen) atoms. The molecule has 4 aromatic rings. The van der Waals surface area contributed by atoms with Gasteiger partial charge in [-0.2, -0.15) is 5.21 Å². The number of benzene rings is 3. The number of H-pyrrole nitrogens is 1. The van der Waals surface area contributed by atoms with Crippen LogP contribution in [0.2, 0.25) is 0 Å². The molecule has 0 bridgehead atoms. The van der Waals surface area contributed by atoms with Gasteiger partial charge >= 0.3 is 6.09 Å². The van der Waals surface area contributed by atoms with Crippen molar-refractivity contribution in [2.45, 2.75) is 70.7 Å². The average Bonchev–Trinajstić information content (AvgIpc) is 3.71. The van der Waals surface area contributed by atoms with Crippen LogP contribution in [-0.2, 0) is 20.9 Å². The van der Waals surface area contributed by atoms with Crippen molar-refractivity contribution < 1.29 is 19.1 Å². The summed E-state index contributed by atoms with van der Waals surface area (Å²) >= 11 is 0. The molecule has 3 aromatic carbocycles. The van der Waals surface area contributed by atoms with Crippen LogP contribution in [0.5, 0.6) is 0 Å². The van der Waals surface area contributed by atoms with Gasteiger partial charge in [-0.1, -0.05) is 48.5 Å². The summed E-state index contributed by atoms with van der Waals surface area (Å²) in [5.74, 6) is 0.381. The molecule has 1 saturated heterocycles. The molecule has 5 N–H and O–H groups in total. The van der Waals surface area contributed by atoms with E-state index in [1.54, 1.807) is 0 Å². The first kappa shape index (κ1) is 37.6. The summed E-state index contributed by atoms with van der Waals surface area (Å²) < 4.78 is 5.36. The van der Waals surface area contributed by atoms with E-state index in [4.69, 9.17) is 4.74 Å². The molecule has 1 aliphatic carbocycles. The number of piperazine rings is 1. The van der Waals surface area contributed by atoms with Crippen LogP contribution in [0.3, 0.4) is 0 Å². The van der Waals surface area contributed by atoms with Gasteiger partial charge < -0.3 is 30.8 Å². The molecule has 1 saturated carbocycles. The zero-order valence-electron chi connectivity index (χ0n) is 30.8. The number of carbonyl (C=O) groups excluding carboxylic acids is 3. The molecule has 6 rings (SSSR count). The Bertz CT molecular complexity index is 1780. The first-order chi connectivity index (χ1) is 25.6. The van der Waals surface area contributed by atoms with Gasteiger partial charge in [0.15, 0.2) is 0 Å². The second-order valence-electron chi connectivity index (χ2n) is 15.0. The Morgan fingerprint density at radius 2 is 1.64 bits per heavy atom. The minimum atomic E-state index is -0.836. The molecular weight excluding hydrogens is 670 g/mol. The molecule has 0 spiro atoms. The van der Waals surface area contributed by atoms with Crippen LogP contribution >= 0.6 is 0 Å². The average molecular weight is 722 g/mol. The van der Waals surface area contributed by atoms with E-state index in [1.807, 2.05) is 57.2 Å². The predicted molar refractivity (Wildman–Crippen MR) is 204 cm³/mol. The van der Waals surface area contributed by atoms with Crippen molar-refractivity contribution in [3.8, 4) is 22.5 Å². The summed E-state index contributed by atoms with van der Waals surface area (Å²) in [6, 6.07) is 22.9. The molecule has 1 aromatic heterocycles. The molecule has 2 aliphatic rings. The topological polar surface area (TPSA) is 166 Å². The monoisotopic (exact) mass is 721 g/mol. The number of hydrogen-bond donors (Lipinski definition) is 5. The molecular formula is C40H51N9O4. The zero-order valence-corrected chi connectivity index (χ0v) is 30.8. The van der Waals surface area contributed by atoms with Crippen LogP contribution in [-0.4, -0.2) is 88.2 Å². The van der Waals surface area contributed by atoms with Crippen LogP contribution < -0.4 is 21.3 Å². The third-order valence-electron chi connectivity index (χ3n) is 9.98. The van der Waals surface area contributed by atoms with E-state index in [-0.39, 0.29) is 17.7 Å². The Labute approximate surface area is 311 Å². The summed E-state index contributed by atoms with van der Waals surface area (Å²) in [6.45, 7) is 10.9. The summed E-state index contributed by atoms with van der Waals surface area (Å²) in [5.41, 5.74) is 5.41. The van der Waals surface area contributed by atoms with Crippen molar-refractivity contribution in [1.82, 2.24) is 41.5 Å². The van der Waals surface area contributed by atoms with Crippen LogP contribution in [0.1, 0.15) is 63.6 Å². The number of rotatable bonds is 13. The first-order valence-corrected chi connectivity index (χ1v) is 18.6. The molecule has 2 atom stereocenters. The number of tetrazole rings is 1. The Kier molecular flexibility index (Phi) is 12.5. The lowest BCUT2D eigenvalue weighted by Crippen LogP contribution is -2.46. The van der Waals surface area contributed by atoms with E-state index >= 15 is 0 Å². The highest BCUT2D eigenvalue weighted by Crippen LogP contribution is 2.32. The highest BCUT2D eigenvalue weighted by atomic mass is 16.6. The smallest absolute Gasteiger partial charge is 0.407 e. The highest BCUT2D eigenvalue weighted by molar-refractivity contribution is 5.82. The molecule has 2 heterocycles. The maximum atomic E-state index is 13.7. The van der Waals surface area contributed by atoms with E-state index in [0.29, 0.717) is 25.2 Å². The van der Waals surface area contributed by atoms with Crippen molar-refractivity contribution in [2.24, 2.45) is 11.8 Å². The maximum absolute atomic E-state index is 13.7. The fourth-order valence-corrected chi connectivity index (χ4v) is 7.13. The Hall–Kier alpha value is -5.14. The number of ether oxygens (including phenoxy) is 1. The summed E-state index contributed by atoms with van der Waals surface area (Å²) in [7, 11) is 0. The number of hydrogen-bond acceptors (Lipinski definition) is 10. The van der Waals surface area contributed by atoms with Crippen molar-refractivity contribution in [1.29, 1.82) is 0 Å². The molecule has 1 unspecified atom stereocenters. The van der Waals surface area contributed by atoms with Gasteiger partial charge in [0.1, 0.15) is 17.9 Å². The summed E-state index contributed by atoms with van der Waals surface area (Å²) in [5, 5.41) is 27.1. The van der Waals surface area contributed by atoms with E-state index in [0.717, 1.165) is 74.2 Å². The van der Waals surface area contributed by atoms with Gasteiger partial charge in [0.2, 0.25) is 11.7 Å². The van der Waals surface area contributed by atoms with Crippen LogP contribution in [0, 0.1) is 11.8 Å². The van der Waals surface area contributed by atoms with Gasteiger partial charge in [0, 0.05) is 56.4 Å². The SMILES string of the molecule is CC(C)(C)OC(=O)NCC1CCC(C(=O)N[C@H](C=O)C(Nc2ccc(-c3nn[nH]n3)cc2)c2ccc(-c3ccccc3CN3CCNCC3)cc2)CC1. The predicted octanol–water partition coefficient (Wildman–Crippen LogP) is 5.11. The van der Waals surface area contributed by atoms with Crippen LogP contribution in [0.15, 0.2) is 72.8 Å². The number of anilines is 1. The Morgan fingerprint density at radius 1 is 0.943 bits per heavy atom. The normalized spacial score (nSPS) is 19.1. The Balaban J connectivity index is 1.16. The van der Waals surface area contributed by atoms with Crippen molar-refractivity contribution in [3.63, 3.8) is 0 Å². The largest absolute Gasteiger partial charge is 0.444 e. The molecule has 280 valence electrons. The summed E-state index contributed by atoms with van der Waals surface area (Å²) in [6.07, 6.45) is 3.33. The Morgan fingerprint density at radius 3 is 2.30 bits per heavy atom. The fourth-order valence-electron chi connectivity index (χ4n) is 7.13. The number of nitrogens with zero attached hydrogens (tertiary/aromatic N) is 4. The quantitative estimate of drug-likeness (QED) is 0.117. The third kappa shape index (κ3) is 10.5. The second kappa shape index (κ2) is 17.6. The third-order valence-corrected chi connectivity index (χ3v) is 9.98. The minimum Gasteiger partial charge on any atom is -0.444 e. The second-order valence-corrected chi connectivity index (χ2v) is 15.0. The standard InChI is InChI=1S/C40H51N9O4/c1-40(2,3)53-39(52)42-24-27-8-10-31(11-9-27)38(51)44-35(26-50)36(43-33-18-16-30(17-19-33)37-45-47-48-46-37)29-14-12-28(13-15-29)34-7-5-4-6-32(34)25-49-22-20-41-21-23-49/h4-7,12-19,26-27,31,35-36,41,43H,8-11,20-25H2,1-3H3,(H,42,52)(H,44,51)(H,45,46,47,48)/t27?,31?,35-,36?/m1/s1. The number of alkyl carbamates (subject to hydrolysis) is 1. The van der Waals surface area contributed by atoms with Gasteiger partial charge in [-0.3, -0.25) is 9.69 Å². The number of aromatic nitrogens is 4. The van der Waals surface area contributed by atoms with Gasteiger partial charge in [-0.25, -0.2) is 4.79 Å². The van der Waals surface area contributed by atoms with Crippen molar-refractivity contribution in [3.05, 3.63) is 83.9 Å².